The Morgan fingerprint density at radius 1 is 1.56 bits per heavy atom. The van der Waals surface area contributed by atoms with E-state index in [1.165, 1.54) is 0 Å². The maximum Gasteiger partial charge on any atom is 0.241 e. The normalized spacial score (nSPS) is 19.8. The minimum atomic E-state index is -0.0571. The molecule has 16 heavy (non-hydrogen) atoms. The minimum absolute atomic E-state index is 0.0304. The maximum atomic E-state index is 11.9. The number of hydrogen-bond acceptors (Lipinski definition) is 2. The van der Waals surface area contributed by atoms with Crippen molar-refractivity contribution in [2.24, 2.45) is 0 Å². The molecule has 1 fully saturated rings. The molecule has 1 heterocycles. The van der Waals surface area contributed by atoms with Gasteiger partial charge >= 0.3 is 0 Å². The summed E-state index contributed by atoms with van der Waals surface area (Å²) in [4.78, 5) is 11.9. The van der Waals surface area contributed by atoms with Crippen LogP contribution < -0.4 is 10.6 Å². The van der Waals surface area contributed by atoms with Gasteiger partial charge in [0.2, 0.25) is 5.91 Å². The summed E-state index contributed by atoms with van der Waals surface area (Å²) in [5.74, 6) is 0.0304. The van der Waals surface area contributed by atoms with Crippen molar-refractivity contribution in [3.63, 3.8) is 0 Å². The number of halogens is 1. The number of anilines is 1. The highest BCUT2D eigenvalue weighted by Crippen LogP contribution is 2.20. The molecule has 2 rings (SSSR count). The van der Waals surface area contributed by atoms with Crippen molar-refractivity contribution < 1.29 is 4.79 Å². The first kappa shape index (κ1) is 11.4. The van der Waals surface area contributed by atoms with Crippen molar-refractivity contribution in [3.05, 3.63) is 28.8 Å². The molecule has 1 amide bonds. The van der Waals surface area contributed by atoms with E-state index < -0.39 is 0 Å². The van der Waals surface area contributed by atoms with E-state index in [2.05, 4.69) is 10.6 Å². The second kappa shape index (κ2) is 4.85. The largest absolute Gasteiger partial charge is 0.324 e. The van der Waals surface area contributed by atoms with Gasteiger partial charge in [-0.15, -0.1) is 0 Å². The molecule has 2 N–H and O–H groups in total. The molecule has 1 aliphatic heterocycles. The highest BCUT2D eigenvalue weighted by molar-refractivity contribution is 6.31. The monoisotopic (exact) mass is 238 g/mol. The van der Waals surface area contributed by atoms with Crippen molar-refractivity contribution >= 4 is 23.2 Å². The van der Waals surface area contributed by atoms with Crippen LogP contribution in [0.5, 0.6) is 0 Å². The molecular weight excluding hydrogens is 224 g/mol. The second-order valence-corrected chi connectivity index (χ2v) is 4.53. The van der Waals surface area contributed by atoms with E-state index in [1.54, 1.807) is 6.07 Å². The number of carbonyl (C=O) groups excluding carboxylic acids is 1. The summed E-state index contributed by atoms with van der Waals surface area (Å²) in [5.41, 5.74) is 1.82. The summed E-state index contributed by atoms with van der Waals surface area (Å²) in [5, 5.41) is 6.71. The number of rotatable bonds is 2. The van der Waals surface area contributed by atoms with Gasteiger partial charge < -0.3 is 10.6 Å². The molecule has 3 nitrogen and oxygen atoms in total. The predicted octanol–water partition coefficient (Wildman–Crippen LogP) is 2.34. The van der Waals surface area contributed by atoms with E-state index in [0.29, 0.717) is 5.02 Å². The quantitative estimate of drug-likeness (QED) is 0.831. The molecule has 1 atom stereocenters. The SMILES string of the molecule is Cc1ccc(Cl)cc1NC(=O)C1CCCN1. The number of nitrogens with one attached hydrogen (secondary N) is 2. The molecule has 86 valence electrons. The fourth-order valence-electron chi connectivity index (χ4n) is 1.86. The Bertz CT molecular complexity index is 400. The molecule has 1 saturated heterocycles. The Morgan fingerprint density at radius 2 is 2.38 bits per heavy atom. The zero-order valence-electron chi connectivity index (χ0n) is 9.22. The molecule has 4 heteroatoms. The zero-order chi connectivity index (χ0) is 11.5. The van der Waals surface area contributed by atoms with E-state index in [-0.39, 0.29) is 11.9 Å². The summed E-state index contributed by atoms with van der Waals surface area (Å²) >= 11 is 5.89. The molecule has 0 saturated carbocycles. The van der Waals surface area contributed by atoms with Crippen LogP contribution in [-0.4, -0.2) is 18.5 Å². The van der Waals surface area contributed by atoms with Gasteiger partial charge in [0.05, 0.1) is 6.04 Å². The Kier molecular flexibility index (Phi) is 3.46. The zero-order valence-corrected chi connectivity index (χ0v) is 9.97. The lowest BCUT2D eigenvalue weighted by Gasteiger charge is -2.13. The van der Waals surface area contributed by atoms with Crippen molar-refractivity contribution in [2.45, 2.75) is 25.8 Å². The Labute approximate surface area is 100 Å². The fourth-order valence-corrected chi connectivity index (χ4v) is 2.03. The van der Waals surface area contributed by atoms with Crippen LogP contribution >= 0.6 is 11.6 Å². The second-order valence-electron chi connectivity index (χ2n) is 4.10. The Morgan fingerprint density at radius 3 is 3.06 bits per heavy atom. The van der Waals surface area contributed by atoms with Gasteiger partial charge in [0.25, 0.3) is 0 Å². The summed E-state index contributed by atoms with van der Waals surface area (Å²) < 4.78 is 0. The van der Waals surface area contributed by atoms with Crippen LogP contribution in [0.4, 0.5) is 5.69 Å². The van der Waals surface area contributed by atoms with E-state index in [9.17, 15) is 4.79 Å². The minimum Gasteiger partial charge on any atom is -0.324 e. The first-order chi connectivity index (χ1) is 7.66. The van der Waals surface area contributed by atoms with Crippen LogP contribution in [0.15, 0.2) is 18.2 Å². The first-order valence-electron chi connectivity index (χ1n) is 5.47. The molecular formula is C12H15ClN2O. The molecule has 0 bridgehead atoms. The average molecular weight is 239 g/mol. The van der Waals surface area contributed by atoms with Gasteiger partial charge in [0.15, 0.2) is 0 Å². The van der Waals surface area contributed by atoms with E-state index >= 15 is 0 Å². The lowest BCUT2D eigenvalue weighted by Crippen LogP contribution is -2.35. The number of benzene rings is 1. The number of hydrogen-bond donors (Lipinski definition) is 2. The third-order valence-corrected chi connectivity index (χ3v) is 3.07. The van der Waals surface area contributed by atoms with Crippen LogP contribution in [0.1, 0.15) is 18.4 Å². The Hall–Kier alpha value is -1.06. The van der Waals surface area contributed by atoms with Gasteiger partial charge in [0.1, 0.15) is 0 Å². The third-order valence-electron chi connectivity index (χ3n) is 2.83. The van der Waals surface area contributed by atoms with Gasteiger partial charge in [0, 0.05) is 10.7 Å². The summed E-state index contributed by atoms with van der Waals surface area (Å²) in [6, 6.07) is 5.45. The summed E-state index contributed by atoms with van der Waals surface area (Å²) in [6.45, 7) is 2.88. The maximum absolute atomic E-state index is 11.9. The van der Waals surface area contributed by atoms with Crippen LogP contribution in [0, 0.1) is 6.92 Å². The van der Waals surface area contributed by atoms with E-state index in [1.807, 2.05) is 19.1 Å². The highest BCUT2D eigenvalue weighted by Gasteiger charge is 2.22. The lowest BCUT2D eigenvalue weighted by molar-refractivity contribution is -0.117. The van der Waals surface area contributed by atoms with E-state index in [4.69, 9.17) is 11.6 Å². The molecule has 1 unspecified atom stereocenters. The molecule has 0 spiro atoms. The number of amides is 1. The number of carbonyl (C=O) groups is 1. The average Bonchev–Trinajstić information content (AvgIpc) is 2.76. The van der Waals surface area contributed by atoms with Crippen LogP contribution in [-0.2, 0) is 4.79 Å². The van der Waals surface area contributed by atoms with Crippen LogP contribution in [0.3, 0.4) is 0 Å². The standard InChI is InChI=1S/C12H15ClN2O/c1-8-4-5-9(13)7-11(8)15-12(16)10-3-2-6-14-10/h4-5,7,10,14H,2-3,6H2,1H3,(H,15,16). The predicted molar refractivity (Wildman–Crippen MR) is 65.8 cm³/mol. The smallest absolute Gasteiger partial charge is 0.241 e. The van der Waals surface area contributed by atoms with Crippen molar-refractivity contribution in [3.8, 4) is 0 Å². The van der Waals surface area contributed by atoms with Gasteiger partial charge in [-0.25, -0.2) is 0 Å². The van der Waals surface area contributed by atoms with Gasteiger partial charge in [-0.05, 0) is 44.0 Å². The van der Waals surface area contributed by atoms with Crippen molar-refractivity contribution in [1.82, 2.24) is 5.32 Å². The van der Waals surface area contributed by atoms with Gasteiger partial charge in [-0.2, -0.15) is 0 Å². The molecule has 0 aromatic heterocycles. The van der Waals surface area contributed by atoms with E-state index in [0.717, 1.165) is 30.6 Å². The van der Waals surface area contributed by atoms with Gasteiger partial charge in [-0.3, -0.25) is 4.79 Å². The third kappa shape index (κ3) is 2.54. The molecule has 1 aliphatic rings. The molecule has 1 aromatic rings. The first-order valence-corrected chi connectivity index (χ1v) is 5.85. The van der Waals surface area contributed by atoms with Crippen LogP contribution in [0.25, 0.3) is 0 Å². The molecule has 0 radical (unpaired) electrons. The van der Waals surface area contributed by atoms with Gasteiger partial charge in [-0.1, -0.05) is 17.7 Å². The Balaban J connectivity index is 2.07. The molecule has 0 aliphatic carbocycles. The van der Waals surface area contributed by atoms with Crippen LogP contribution in [0.2, 0.25) is 5.02 Å². The topological polar surface area (TPSA) is 41.1 Å². The summed E-state index contributed by atoms with van der Waals surface area (Å²) in [6.07, 6.45) is 1.97. The molecule has 1 aromatic carbocycles. The fraction of sp³-hybridized carbons (Fsp3) is 0.417. The summed E-state index contributed by atoms with van der Waals surface area (Å²) in [7, 11) is 0. The lowest BCUT2D eigenvalue weighted by atomic mass is 10.1. The van der Waals surface area contributed by atoms with Crippen molar-refractivity contribution in [2.75, 3.05) is 11.9 Å². The highest BCUT2D eigenvalue weighted by atomic mass is 35.5. The number of aryl methyl sites for hydroxylation is 1. The van der Waals surface area contributed by atoms with Crippen molar-refractivity contribution in [1.29, 1.82) is 0 Å².